The third-order valence-electron chi connectivity index (χ3n) is 3.22. The lowest BCUT2D eigenvalue weighted by atomic mass is 9.88. The molecule has 0 aliphatic rings. The van der Waals surface area contributed by atoms with Crippen LogP contribution in [0.1, 0.15) is 30.7 Å². The van der Waals surface area contributed by atoms with Gasteiger partial charge in [0, 0.05) is 25.2 Å². The molecule has 1 atom stereocenters. The van der Waals surface area contributed by atoms with Crippen molar-refractivity contribution in [2.45, 2.75) is 32.2 Å². The molecule has 1 aromatic carbocycles. The van der Waals surface area contributed by atoms with Crippen LogP contribution in [0.4, 0.5) is 0 Å². The largest absolute Gasteiger partial charge is 0.321 e. The molecule has 2 rings (SSSR count). The lowest BCUT2D eigenvalue weighted by molar-refractivity contribution is 0.484. The Morgan fingerprint density at radius 2 is 1.94 bits per heavy atom. The lowest BCUT2D eigenvalue weighted by Gasteiger charge is -2.24. The maximum atomic E-state index is 6.39. The maximum Gasteiger partial charge on any atom is 0.0848 e. The topological polar surface area (TPSA) is 56.7 Å². The Bertz CT molecular complexity index is 511. The van der Waals surface area contributed by atoms with Gasteiger partial charge in [-0.05, 0) is 24.5 Å². The van der Waals surface area contributed by atoms with E-state index in [0.717, 1.165) is 17.7 Å². The van der Waals surface area contributed by atoms with Crippen molar-refractivity contribution in [2.24, 2.45) is 12.8 Å². The summed E-state index contributed by atoms with van der Waals surface area (Å²) in [5.41, 5.74) is 9.36. The zero-order chi connectivity index (χ0) is 13.2. The predicted molar refractivity (Wildman–Crippen MR) is 72.1 cm³/mol. The van der Waals surface area contributed by atoms with Crippen molar-refractivity contribution in [3.8, 4) is 0 Å². The second-order valence-corrected chi connectivity index (χ2v) is 5.03. The quantitative estimate of drug-likeness (QED) is 0.892. The van der Waals surface area contributed by atoms with Crippen molar-refractivity contribution in [1.82, 2.24) is 15.0 Å². The van der Waals surface area contributed by atoms with Gasteiger partial charge in [0.15, 0.2) is 0 Å². The summed E-state index contributed by atoms with van der Waals surface area (Å²) in [7, 11) is 1.86. The Balaban J connectivity index is 2.18. The van der Waals surface area contributed by atoms with Gasteiger partial charge in [-0.15, -0.1) is 5.10 Å². The molecule has 0 aliphatic heterocycles. The number of hydrogen-bond acceptors (Lipinski definition) is 3. The normalized spacial score (nSPS) is 14.4. The summed E-state index contributed by atoms with van der Waals surface area (Å²) < 4.78 is 1.70. The first-order chi connectivity index (χ1) is 8.51. The highest BCUT2D eigenvalue weighted by Gasteiger charge is 2.23. The van der Waals surface area contributed by atoms with Crippen molar-refractivity contribution in [3.63, 3.8) is 0 Å². The van der Waals surface area contributed by atoms with Crippen molar-refractivity contribution in [1.29, 1.82) is 0 Å². The Kier molecular flexibility index (Phi) is 3.48. The van der Waals surface area contributed by atoms with Gasteiger partial charge in [-0.3, -0.25) is 4.68 Å². The van der Waals surface area contributed by atoms with Crippen LogP contribution in [0.2, 0.25) is 0 Å². The summed E-state index contributed by atoms with van der Waals surface area (Å²) >= 11 is 0. The third kappa shape index (κ3) is 2.76. The SMILES string of the molecule is CCc1ccc(C(C)(N)Cc2cn(C)nn2)cc1. The first kappa shape index (κ1) is 12.8. The summed E-state index contributed by atoms with van der Waals surface area (Å²) in [5, 5.41) is 8.03. The minimum Gasteiger partial charge on any atom is -0.321 e. The molecule has 1 heterocycles. The van der Waals surface area contributed by atoms with E-state index in [-0.39, 0.29) is 0 Å². The molecule has 0 aliphatic carbocycles. The molecule has 0 amide bonds. The second-order valence-electron chi connectivity index (χ2n) is 5.03. The zero-order valence-electron chi connectivity index (χ0n) is 11.2. The van der Waals surface area contributed by atoms with Crippen molar-refractivity contribution < 1.29 is 0 Å². The van der Waals surface area contributed by atoms with E-state index in [1.165, 1.54) is 5.56 Å². The van der Waals surface area contributed by atoms with Crippen molar-refractivity contribution in [3.05, 3.63) is 47.3 Å². The van der Waals surface area contributed by atoms with Gasteiger partial charge >= 0.3 is 0 Å². The van der Waals surface area contributed by atoms with Crippen LogP contribution in [0.25, 0.3) is 0 Å². The average molecular weight is 244 g/mol. The Morgan fingerprint density at radius 1 is 1.28 bits per heavy atom. The second kappa shape index (κ2) is 4.90. The highest BCUT2D eigenvalue weighted by molar-refractivity contribution is 5.29. The molecule has 0 radical (unpaired) electrons. The van der Waals surface area contributed by atoms with Gasteiger partial charge in [0.1, 0.15) is 0 Å². The van der Waals surface area contributed by atoms with Gasteiger partial charge in [-0.2, -0.15) is 0 Å². The minimum atomic E-state index is -0.414. The van der Waals surface area contributed by atoms with E-state index in [2.05, 4.69) is 41.5 Å². The number of benzene rings is 1. The molecule has 2 aromatic rings. The number of aromatic nitrogens is 3. The lowest BCUT2D eigenvalue weighted by Crippen LogP contribution is -2.35. The van der Waals surface area contributed by atoms with Gasteiger partial charge < -0.3 is 5.73 Å². The molecular formula is C14H20N4. The van der Waals surface area contributed by atoms with E-state index in [0.29, 0.717) is 6.42 Å². The predicted octanol–water partition coefficient (Wildman–Crippen LogP) is 1.79. The molecule has 0 spiro atoms. The van der Waals surface area contributed by atoms with E-state index in [9.17, 15) is 0 Å². The van der Waals surface area contributed by atoms with Crippen molar-refractivity contribution >= 4 is 0 Å². The van der Waals surface area contributed by atoms with Gasteiger partial charge in [0.2, 0.25) is 0 Å². The molecule has 2 N–H and O–H groups in total. The molecule has 1 unspecified atom stereocenters. The molecule has 4 nitrogen and oxygen atoms in total. The molecule has 96 valence electrons. The third-order valence-corrected chi connectivity index (χ3v) is 3.22. The number of nitrogens with zero attached hydrogens (tertiary/aromatic N) is 3. The molecule has 0 saturated carbocycles. The fraction of sp³-hybridized carbons (Fsp3) is 0.429. The van der Waals surface area contributed by atoms with Crippen molar-refractivity contribution in [2.75, 3.05) is 0 Å². The number of aryl methyl sites for hydroxylation is 2. The molecule has 0 bridgehead atoms. The van der Waals surface area contributed by atoms with Crippen LogP contribution in [0.5, 0.6) is 0 Å². The van der Waals surface area contributed by atoms with E-state index < -0.39 is 5.54 Å². The van der Waals surface area contributed by atoms with E-state index >= 15 is 0 Å². The van der Waals surface area contributed by atoms with Crippen LogP contribution in [-0.2, 0) is 25.4 Å². The molecule has 0 saturated heterocycles. The molecule has 1 aromatic heterocycles. The Morgan fingerprint density at radius 3 is 2.44 bits per heavy atom. The highest BCUT2D eigenvalue weighted by Crippen LogP contribution is 2.22. The van der Waals surface area contributed by atoms with E-state index in [1.807, 2.05) is 20.2 Å². The zero-order valence-corrected chi connectivity index (χ0v) is 11.2. The summed E-state index contributed by atoms with van der Waals surface area (Å²) in [6, 6.07) is 8.48. The molecule has 4 heteroatoms. The monoisotopic (exact) mass is 244 g/mol. The highest BCUT2D eigenvalue weighted by atomic mass is 15.4. The number of rotatable bonds is 4. The van der Waals surface area contributed by atoms with Gasteiger partial charge in [0.25, 0.3) is 0 Å². The number of hydrogen-bond donors (Lipinski definition) is 1. The van der Waals surface area contributed by atoms with Crippen LogP contribution in [0.3, 0.4) is 0 Å². The summed E-state index contributed by atoms with van der Waals surface area (Å²) in [5.74, 6) is 0. The summed E-state index contributed by atoms with van der Waals surface area (Å²) in [4.78, 5) is 0. The van der Waals surface area contributed by atoms with Crippen LogP contribution >= 0.6 is 0 Å². The summed E-state index contributed by atoms with van der Waals surface area (Å²) in [6.45, 7) is 4.18. The van der Waals surface area contributed by atoms with Crippen LogP contribution in [0.15, 0.2) is 30.5 Å². The summed E-state index contributed by atoms with van der Waals surface area (Å²) in [6.07, 6.45) is 3.64. The Hall–Kier alpha value is -1.68. The molecular weight excluding hydrogens is 224 g/mol. The van der Waals surface area contributed by atoms with E-state index in [1.54, 1.807) is 4.68 Å². The van der Waals surface area contributed by atoms with Gasteiger partial charge in [-0.1, -0.05) is 36.4 Å². The minimum absolute atomic E-state index is 0.414. The standard InChI is InChI=1S/C14H20N4/c1-4-11-5-7-12(8-6-11)14(2,15)9-13-10-18(3)17-16-13/h5-8,10H,4,9,15H2,1-3H3. The van der Waals surface area contributed by atoms with Crippen LogP contribution < -0.4 is 5.73 Å². The fourth-order valence-corrected chi connectivity index (χ4v) is 2.08. The average Bonchev–Trinajstić information content (AvgIpc) is 2.74. The first-order valence-corrected chi connectivity index (χ1v) is 6.25. The smallest absolute Gasteiger partial charge is 0.0848 e. The van der Waals surface area contributed by atoms with Gasteiger partial charge in [0.05, 0.1) is 5.69 Å². The molecule has 0 fully saturated rings. The number of nitrogens with two attached hydrogens (primary N) is 1. The fourth-order valence-electron chi connectivity index (χ4n) is 2.08. The van der Waals surface area contributed by atoms with E-state index in [4.69, 9.17) is 5.73 Å². The van der Waals surface area contributed by atoms with Gasteiger partial charge in [-0.25, -0.2) is 0 Å². The van der Waals surface area contributed by atoms with Crippen LogP contribution in [0, 0.1) is 0 Å². The molecule has 18 heavy (non-hydrogen) atoms. The first-order valence-electron chi connectivity index (χ1n) is 6.25. The maximum absolute atomic E-state index is 6.39. The Labute approximate surface area is 108 Å². The van der Waals surface area contributed by atoms with Crippen LogP contribution in [-0.4, -0.2) is 15.0 Å².